The van der Waals surface area contributed by atoms with Crippen LogP contribution >= 0.6 is 11.6 Å². The summed E-state index contributed by atoms with van der Waals surface area (Å²) in [6, 6.07) is 5.61. The number of urea groups is 1. The molecule has 1 atom stereocenters. The molecule has 8 nitrogen and oxygen atoms in total. The normalized spacial score (nSPS) is 16.6. The molecule has 3 rings (SSSR count). The van der Waals surface area contributed by atoms with E-state index in [9.17, 15) is 14.4 Å². The van der Waals surface area contributed by atoms with Crippen LogP contribution in [0.1, 0.15) is 31.6 Å². The maximum atomic E-state index is 12.8. The van der Waals surface area contributed by atoms with E-state index in [2.05, 4.69) is 5.32 Å². The highest BCUT2D eigenvalue weighted by Crippen LogP contribution is 2.38. The number of nitrogens with zero attached hydrogens (tertiary/aromatic N) is 1. The van der Waals surface area contributed by atoms with E-state index in [1.165, 1.54) is 19.4 Å². The van der Waals surface area contributed by atoms with Gasteiger partial charge < -0.3 is 13.9 Å². The highest BCUT2D eigenvalue weighted by Gasteiger charge is 2.36. The van der Waals surface area contributed by atoms with Crippen molar-refractivity contribution in [2.75, 3.05) is 7.11 Å². The molecule has 0 aliphatic carbocycles. The summed E-state index contributed by atoms with van der Waals surface area (Å²) in [7, 11) is 1.47. The molecule has 0 saturated carbocycles. The summed E-state index contributed by atoms with van der Waals surface area (Å²) >= 11 is 6.35. The number of halogens is 1. The van der Waals surface area contributed by atoms with Crippen molar-refractivity contribution in [2.24, 2.45) is 0 Å². The Labute approximate surface area is 178 Å². The Kier molecular flexibility index (Phi) is 6.47. The van der Waals surface area contributed by atoms with Gasteiger partial charge in [-0.3, -0.25) is 19.8 Å². The van der Waals surface area contributed by atoms with Gasteiger partial charge in [-0.05, 0) is 49.2 Å². The van der Waals surface area contributed by atoms with Crippen LogP contribution in [0, 0.1) is 0 Å². The van der Waals surface area contributed by atoms with E-state index in [-0.39, 0.29) is 23.2 Å². The van der Waals surface area contributed by atoms with Crippen molar-refractivity contribution in [2.45, 2.75) is 32.9 Å². The van der Waals surface area contributed by atoms with Crippen LogP contribution in [0.5, 0.6) is 11.5 Å². The summed E-state index contributed by atoms with van der Waals surface area (Å²) in [5.41, 5.74) is 0.231. The monoisotopic (exact) mass is 432 g/mol. The summed E-state index contributed by atoms with van der Waals surface area (Å²) in [5, 5.41) is 2.43. The molecule has 2 aromatic rings. The Morgan fingerprint density at radius 3 is 2.70 bits per heavy atom. The molecule has 4 amide bonds. The van der Waals surface area contributed by atoms with Crippen molar-refractivity contribution in [3.63, 3.8) is 0 Å². The quantitative estimate of drug-likeness (QED) is 0.528. The first kappa shape index (κ1) is 21.4. The molecule has 30 heavy (non-hydrogen) atoms. The molecule has 1 aromatic heterocycles. The zero-order valence-corrected chi connectivity index (χ0v) is 17.5. The molecule has 1 aromatic carbocycles. The van der Waals surface area contributed by atoms with Gasteiger partial charge in [-0.1, -0.05) is 18.5 Å². The van der Waals surface area contributed by atoms with Crippen LogP contribution in [0.15, 0.2) is 40.5 Å². The maximum Gasteiger partial charge on any atom is 0.331 e. The lowest BCUT2D eigenvalue weighted by atomic mass is 10.1. The molecule has 1 N–H and O–H groups in total. The molecule has 1 unspecified atom stereocenters. The van der Waals surface area contributed by atoms with Crippen molar-refractivity contribution in [1.29, 1.82) is 0 Å². The van der Waals surface area contributed by atoms with Crippen molar-refractivity contribution in [3.8, 4) is 11.5 Å². The van der Waals surface area contributed by atoms with Gasteiger partial charge in [-0.15, -0.1) is 0 Å². The number of ether oxygens (including phenoxy) is 2. The summed E-state index contributed by atoms with van der Waals surface area (Å²) in [6.07, 6.45) is 3.48. The van der Waals surface area contributed by atoms with E-state index >= 15 is 0 Å². The van der Waals surface area contributed by atoms with Crippen molar-refractivity contribution in [1.82, 2.24) is 10.2 Å². The average Bonchev–Trinajstić information content (AvgIpc) is 3.23. The lowest BCUT2D eigenvalue weighted by Gasteiger charge is -2.25. The molecular formula is C21H21ClN2O6. The summed E-state index contributed by atoms with van der Waals surface area (Å²) in [5.74, 6) is -0.388. The van der Waals surface area contributed by atoms with E-state index in [1.807, 2.05) is 13.8 Å². The molecule has 0 bridgehead atoms. The third-order valence-corrected chi connectivity index (χ3v) is 4.82. The first-order chi connectivity index (χ1) is 14.3. The van der Waals surface area contributed by atoms with E-state index in [4.69, 9.17) is 25.5 Å². The van der Waals surface area contributed by atoms with Crippen LogP contribution in [0.3, 0.4) is 0 Å². The van der Waals surface area contributed by atoms with Crippen molar-refractivity contribution < 1.29 is 28.3 Å². The smallest absolute Gasteiger partial charge is 0.331 e. The molecule has 158 valence electrons. The minimum absolute atomic E-state index is 0.0764. The molecule has 0 radical (unpaired) electrons. The molecule has 1 aliphatic heterocycles. The van der Waals surface area contributed by atoms with Gasteiger partial charge in [-0.25, -0.2) is 4.79 Å². The highest BCUT2D eigenvalue weighted by molar-refractivity contribution is 6.33. The molecule has 1 saturated heterocycles. The molecule has 9 heteroatoms. The van der Waals surface area contributed by atoms with E-state index in [0.717, 1.165) is 11.3 Å². The topological polar surface area (TPSA) is 98.1 Å². The fraction of sp³-hybridized carbons (Fsp3) is 0.286. The fourth-order valence-corrected chi connectivity index (χ4v) is 3.05. The van der Waals surface area contributed by atoms with Crippen LogP contribution in [0.2, 0.25) is 5.02 Å². The minimum atomic E-state index is -0.813. The summed E-state index contributed by atoms with van der Waals surface area (Å²) < 4.78 is 16.4. The Morgan fingerprint density at radius 2 is 2.07 bits per heavy atom. The number of carbonyl (C=O) groups is 3. The van der Waals surface area contributed by atoms with Gasteiger partial charge in [0.1, 0.15) is 11.3 Å². The Bertz CT molecular complexity index is 999. The second-order valence-electron chi connectivity index (χ2n) is 6.66. The number of barbiturate groups is 1. The zero-order chi connectivity index (χ0) is 21.8. The Hall–Kier alpha value is -3.26. The first-order valence-electron chi connectivity index (χ1n) is 9.29. The minimum Gasteiger partial charge on any atom is -0.493 e. The fourth-order valence-electron chi connectivity index (χ4n) is 2.78. The first-order valence-corrected chi connectivity index (χ1v) is 9.67. The molecule has 1 fully saturated rings. The maximum absolute atomic E-state index is 12.8. The summed E-state index contributed by atoms with van der Waals surface area (Å²) in [6.45, 7) is 3.78. The number of methoxy groups -OCH3 is 1. The number of nitrogens with one attached hydrogen (secondary N) is 1. The van der Waals surface area contributed by atoms with Crippen LogP contribution in [0.25, 0.3) is 6.08 Å². The van der Waals surface area contributed by atoms with Gasteiger partial charge in [0.2, 0.25) is 0 Å². The van der Waals surface area contributed by atoms with E-state index < -0.39 is 17.8 Å². The van der Waals surface area contributed by atoms with E-state index in [1.54, 1.807) is 24.3 Å². The molecule has 1 aliphatic rings. The largest absolute Gasteiger partial charge is 0.493 e. The number of rotatable bonds is 7. The number of amides is 4. The molecule has 0 spiro atoms. The van der Waals surface area contributed by atoms with Crippen LogP contribution in [0.4, 0.5) is 4.79 Å². The van der Waals surface area contributed by atoms with Crippen molar-refractivity contribution >= 4 is 35.5 Å². The number of hydrogen-bond donors (Lipinski definition) is 1. The lowest BCUT2D eigenvalue weighted by Crippen LogP contribution is -2.53. The number of imide groups is 2. The van der Waals surface area contributed by atoms with Crippen LogP contribution < -0.4 is 14.8 Å². The second-order valence-corrected chi connectivity index (χ2v) is 7.07. The van der Waals surface area contributed by atoms with Crippen LogP contribution in [-0.2, 0) is 16.1 Å². The van der Waals surface area contributed by atoms with Gasteiger partial charge in [0.05, 0.1) is 31.0 Å². The molecular weight excluding hydrogens is 412 g/mol. The number of furan rings is 1. The SMILES string of the molecule is CCC(C)Oc1c(Cl)cc(C=C2C(=O)NC(=O)N(Cc3ccco3)C2=O)cc1OC. The lowest BCUT2D eigenvalue weighted by molar-refractivity contribution is -0.130. The third kappa shape index (κ3) is 4.49. The Morgan fingerprint density at radius 1 is 1.30 bits per heavy atom. The van der Waals surface area contributed by atoms with E-state index in [0.29, 0.717) is 22.8 Å². The van der Waals surface area contributed by atoms with Gasteiger partial charge in [0.25, 0.3) is 11.8 Å². The van der Waals surface area contributed by atoms with Crippen LogP contribution in [-0.4, -0.2) is 36.0 Å². The zero-order valence-electron chi connectivity index (χ0n) is 16.7. The highest BCUT2D eigenvalue weighted by atomic mass is 35.5. The number of carbonyl (C=O) groups excluding carboxylic acids is 3. The molecule has 2 heterocycles. The van der Waals surface area contributed by atoms with Gasteiger partial charge >= 0.3 is 6.03 Å². The van der Waals surface area contributed by atoms with Gasteiger partial charge in [-0.2, -0.15) is 0 Å². The van der Waals surface area contributed by atoms with Gasteiger partial charge in [0.15, 0.2) is 11.5 Å². The predicted octanol–water partition coefficient (Wildman–Crippen LogP) is 3.78. The van der Waals surface area contributed by atoms with Crippen molar-refractivity contribution in [3.05, 3.63) is 52.4 Å². The number of benzene rings is 1. The average molecular weight is 433 g/mol. The van der Waals surface area contributed by atoms with Gasteiger partial charge in [0, 0.05) is 0 Å². The second kappa shape index (κ2) is 9.04. The predicted molar refractivity (Wildman–Crippen MR) is 109 cm³/mol. The third-order valence-electron chi connectivity index (χ3n) is 4.54. The Balaban J connectivity index is 1.94. The number of hydrogen-bond acceptors (Lipinski definition) is 6. The standard InChI is InChI=1S/C21H21ClN2O6/c1-4-12(2)30-18-16(22)9-13(10-17(18)28-3)8-15-19(25)23-21(27)24(20(15)26)11-14-6-5-7-29-14/h5-10,12H,4,11H2,1-3H3,(H,23,25,27). The summed E-state index contributed by atoms with van der Waals surface area (Å²) in [4.78, 5) is 38.1.